The number of hydrogen-bond acceptors (Lipinski definition) is 4. The fourth-order valence-electron chi connectivity index (χ4n) is 1.11. The van der Waals surface area contributed by atoms with E-state index < -0.39 is 0 Å². The molecule has 0 N–H and O–H groups in total. The SMILES string of the molecule is CN(C)CCc1ccc(ON=O)cc1. The van der Waals surface area contributed by atoms with E-state index in [2.05, 4.69) is 15.1 Å². The molecule has 1 aromatic rings. The van der Waals surface area contributed by atoms with Gasteiger partial charge in [0.25, 0.3) is 0 Å². The van der Waals surface area contributed by atoms with Crippen molar-refractivity contribution >= 4 is 0 Å². The summed E-state index contributed by atoms with van der Waals surface area (Å²) in [6.07, 6.45) is 0.988. The van der Waals surface area contributed by atoms with Crippen molar-refractivity contribution in [2.45, 2.75) is 6.42 Å². The van der Waals surface area contributed by atoms with Gasteiger partial charge in [-0.25, -0.2) is 0 Å². The molecule has 0 fully saturated rings. The normalized spacial score (nSPS) is 10.2. The van der Waals surface area contributed by atoms with Crippen LogP contribution in [0.4, 0.5) is 0 Å². The van der Waals surface area contributed by atoms with Gasteiger partial charge in [-0.1, -0.05) is 12.1 Å². The van der Waals surface area contributed by atoms with Crippen LogP contribution in [0.2, 0.25) is 0 Å². The van der Waals surface area contributed by atoms with E-state index in [1.807, 2.05) is 26.2 Å². The van der Waals surface area contributed by atoms with Crippen molar-refractivity contribution in [1.29, 1.82) is 0 Å². The predicted octanol–water partition coefficient (Wildman–Crippen LogP) is 1.85. The Balaban J connectivity index is 2.50. The minimum atomic E-state index is 0.480. The van der Waals surface area contributed by atoms with Gasteiger partial charge in [0.2, 0.25) is 0 Å². The van der Waals surface area contributed by atoms with E-state index in [-0.39, 0.29) is 0 Å². The summed E-state index contributed by atoms with van der Waals surface area (Å²) in [6, 6.07) is 7.35. The Morgan fingerprint density at radius 3 is 2.43 bits per heavy atom. The van der Waals surface area contributed by atoms with Gasteiger partial charge in [0.05, 0.1) is 0 Å². The third kappa shape index (κ3) is 3.53. The van der Waals surface area contributed by atoms with Crippen molar-refractivity contribution in [1.82, 2.24) is 4.90 Å². The van der Waals surface area contributed by atoms with Crippen LogP contribution in [0.5, 0.6) is 5.75 Å². The van der Waals surface area contributed by atoms with Crippen LogP contribution in [0.3, 0.4) is 0 Å². The maximum absolute atomic E-state index is 9.80. The lowest BCUT2D eigenvalue weighted by molar-refractivity contribution is 0.334. The molecule has 0 spiro atoms. The van der Waals surface area contributed by atoms with Gasteiger partial charge in [-0.3, -0.25) is 0 Å². The lowest BCUT2D eigenvalue weighted by atomic mass is 10.1. The van der Waals surface area contributed by atoms with Gasteiger partial charge < -0.3 is 9.74 Å². The molecule has 0 radical (unpaired) electrons. The minimum Gasteiger partial charge on any atom is -0.324 e. The molecule has 4 nitrogen and oxygen atoms in total. The predicted molar refractivity (Wildman–Crippen MR) is 55.1 cm³/mol. The monoisotopic (exact) mass is 194 g/mol. The van der Waals surface area contributed by atoms with Crippen LogP contribution in [0.1, 0.15) is 5.56 Å². The number of nitrogens with zero attached hydrogens (tertiary/aromatic N) is 2. The first-order valence-corrected chi connectivity index (χ1v) is 4.45. The molecule has 4 heteroatoms. The summed E-state index contributed by atoms with van der Waals surface area (Å²) in [5.74, 6) is 0.480. The molecule has 1 aromatic carbocycles. The first-order chi connectivity index (χ1) is 6.72. The Hall–Kier alpha value is -1.42. The molecule has 0 aromatic heterocycles. The molecular formula is C10H14N2O2. The van der Waals surface area contributed by atoms with Gasteiger partial charge >= 0.3 is 0 Å². The van der Waals surface area contributed by atoms with Crippen LogP contribution < -0.4 is 4.84 Å². The molecule has 0 aliphatic carbocycles. The highest BCUT2D eigenvalue weighted by Crippen LogP contribution is 2.12. The first kappa shape index (κ1) is 10.7. The zero-order chi connectivity index (χ0) is 10.4. The van der Waals surface area contributed by atoms with Crippen molar-refractivity contribution in [2.75, 3.05) is 20.6 Å². The Morgan fingerprint density at radius 1 is 1.29 bits per heavy atom. The second-order valence-corrected chi connectivity index (χ2v) is 3.36. The smallest absolute Gasteiger partial charge is 0.161 e. The molecule has 0 unspecified atom stereocenters. The first-order valence-electron chi connectivity index (χ1n) is 4.45. The van der Waals surface area contributed by atoms with Crippen LogP contribution in [-0.2, 0) is 6.42 Å². The minimum absolute atomic E-state index is 0.480. The third-order valence-electron chi connectivity index (χ3n) is 1.91. The van der Waals surface area contributed by atoms with E-state index in [0.29, 0.717) is 5.75 Å². The Kier molecular flexibility index (Phi) is 4.07. The summed E-state index contributed by atoms with van der Waals surface area (Å²) in [7, 11) is 4.07. The Bertz CT molecular complexity index is 283. The summed E-state index contributed by atoms with van der Waals surface area (Å²) in [5, 5.41) is 2.35. The zero-order valence-corrected chi connectivity index (χ0v) is 8.43. The lowest BCUT2D eigenvalue weighted by Crippen LogP contribution is -2.14. The molecule has 0 aliphatic heterocycles. The van der Waals surface area contributed by atoms with E-state index >= 15 is 0 Å². The summed E-state index contributed by atoms with van der Waals surface area (Å²) < 4.78 is 0. The molecule has 0 saturated heterocycles. The molecule has 0 heterocycles. The van der Waals surface area contributed by atoms with Gasteiger partial charge in [-0.05, 0) is 38.2 Å². The van der Waals surface area contributed by atoms with Gasteiger partial charge in [0.1, 0.15) is 0 Å². The molecule has 1 rings (SSSR count). The quantitative estimate of drug-likeness (QED) is 0.530. The number of hydrogen-bond donors (Lipinski definition) is 0. The van der Waals surface area contributed by atoms with E-state index in [0.717, 1.165) is 13.0 Å². The van der Waals surface area contributed by atoms with Crippen LogP contribution in [0, 0.1) is 4.91 Å². The van der Waals surface area contributed by atoms with Crippen molar-refractivity contribution in [3.63, 3.8) is 0 Å². The largest absolute Gasteiger partial charge is 0.324 e. The van der Waals surface area contributed by atoms with Crippen molar-refractivity contribution in [3.8, 4) is 5.75 Å². The van der Waals surface area contributed by atoms with Gasteiger partial charge in [0.15, 0.2) is 11.1 Å². The van der Waals surface area contributed by atoms with Gasteiger partial charge in [-0.15, -0.1) is 4.91 Å². The highest BCUT2D eigenvalue weighted by atomic mass is 16.7. The summed E-state index contributed by atoms with van der Waals surface area (Å²) >= 11 is 0. The van der Waals surface area contributed by atoms with Crippen molar-refractivity contribution in [3.05, 3.63) is 34.7 Å². The van der Waals surface area contributed by atoms with Crippen molar-refractivity contribution in [2.24, 2.45) is 5.34 Å². The van der Waals surface area contributed by atoms with Crippen LogP contribution in [-0.4, -0.2) is 25.5 Å². The molecule has 0 bridgehead atoms. The van der Waals surface area contributed by atoms with E-state index in [9.17, 15) is 4.91 Å². The van der Waals surface area contributed by atoms with Crippen LogP contribution >= 0.6 is 0 Å². The van der Waals surface area contributed by atoms with E-state index in [1.165, 1.54) is 5.56 Å². The highest BCUT2D eigenvalue weighted by molar-refractivity contribution is 5.27. The standard InChI is InChI=1S/C10H14N2O2/c1-12(2)8-7-9-3-5-10(6-4-9)14-11-13/h3-6H,7-8H2,1-2H3. The molecule has 0 atom stereocenters. The zero-order valence-electron chi connectivity index (χ0n) is 8.43. The van der Waals surface area contributed by atoms with Crippen LogP contribution in [0.15, 0.2) is 29.6 Å². The molecule has 76 valence electrons. The fourth-order valence-corrected chi connectivity index (χ4v) is 1.11. The Labute approximate surface area is 83.4 Å². The fraction of sp³-hybridized carbons (Fsp3) is 0.400. The topological polar surface area (TPSA) is 41.9 Å². The summed E-state index contributed by atoms with van der Waals surface area (Å²) in [6.45, 7) is 1.01. The number of rotatable bonds is 5. The molecule has 14 heavy (non-hydrogen) atoms. The summed E-state index contributed by atoms with van der Waals surface area (Å²) in [5.41, 5.74) is 1.22. The van der Waals surface area contributed by atoms with E-state index in [1.54, 1.807) is 12.1 Å². The molecule has 0 aliphatic rings. The van der Waals surface area contributed by atoms with Gasteiger partial charge in [0, 0.05) is 6.54 Å². The average Bonchev–Trinajstić information content (AvgIpc) is 2.17. The number of benzene rings is 1. The van der Waals surface area contributed by atoms with Crippen LogP contribution in [0.25, 0.3) is 0 Å². The highest BCUT2D eigenvalue weighted by Gasteiger charge is 1.96. The lowest BCUT2D eigenvalue weighted by Gasteiger charge is -2.08. The number of likely N-dealkylation sites (N-methyl/N-ethyl adjacent to an activating group) is 1. The maximum atomic E-state index is 9.80. The van der Waals surface area contributed by atoms with Crippen molar-refractivity contribution < 1.29 is 4.84 Å². The average molecular weight is 194 g/mol. The molecular weight excluding hydrogens is 180 g/mol. The summed E-state index contributed by atoms with van der Waals surface area (Å²) in [4.78, 5) is 16.4. The van der Waals surface area contributed by atoms with E-state index in [4.69, 9.17) is 0 Å². The maximum Gasteiger partial charge on any atom is 0.161 e. The molecule has 0 saturated carbocycles. The second-order valence-electron chi connectivity index (χ2n) is 3.36. The third-order valence-corrected chi connectivity index (χ3v) is 1.91. The second kappa shape index (κ2) is 5.34. The van der Waals surface area contributed by atoms with Gasteiger partial charge in [-0.2, -0.15) is 0 Å². The molecule has 0 amide bonds. The Morgan fingerprint density at radius 2 is 1.93 bits per heavy atom.